The zero-order valence-electron chi connectivity index (χ0n) is 55.0. The molecule has 7 atom stereocenters. The van der Waals surface area contributed by atoms with Crippen LogP contribution in [0.3, 0.4) is 0 Å². The molecule has 3 aliphatic heterocycles. The smallest absolute Gasteiger partial charge is 0.870 e. The number of nitrogens with one attached hydrogen (secondary N) is 3. The van der Waals surface area contributed by atoms with E-state index in [0.717, 1.165) is 62.7 Å². The van der Waals surface area contributed by atoms with Crippen molar-refractivity contribution in [3.8, 4) is 0 Å². The Hall–Kier alpha value is -5.19. The number of amides is 7. The summed E-state index contributed by atoms with van der Waals surface area (Å²) < 4.78 is 33.9. The Labute approximate surface area is 551 Å². The molecule has 15 aliphatic rings. The molecule has 3 saturated heterocycles. The summed E-state index contributed by atoms with van der Waals surface area (Å²) in [5.41, 5.74) is 4.25. The molecule has 500 valence electrons. The van der Waals surface area contributed by atoms with Crippen LogP contribution in [-0.2, 0) is 52.4 Å². The Morgan fingerprint density at radius 3 is 1.00 bits per heavy atom. The first kappa shape index (κ1) is 73.9. The number of nitrogens with zero attached hydrogens (tertiary/aromatic N) is 3. The number of ether oxygens (including phenoxy) is 6. The van der Waals surface area contributed by atoms with Crippen molar-refractivity contribution in [2.45, 2.75) is 238 Å². The zero-order valence-corrected chi connectivity index (χ0v) is 57.0. The Morgan fingerprint density at radius 2 is 0.711 bits per heavy atom. The predicted molar refractivity (Wildman–Crippen MR) is 315 cm³/mol. The SMILES string of the molecule is CC(C)(C)OC(=O)N[C@@H]1CCN(C(=O)OC2C3CC4CC(C3)CC2C4)C1.CC(C)(C)OC(=O)N[C@@H]1CCN(C(=O)OC2C3CC4CC2CC(C(N)=O)(C4)C3)C1.CC12CC3CC(C1)C(OC(=O)N1CC[C@@H](NC(=O)OC(C)(C)C)C1)C(C3)C2.O=C=O.O=C=O.[Na+].[OH-]. The van der Waals surface area contributed by atoms with E-state index in [1.54, 1.807) is 14.7 Å². The van der Waals surface area contributed by atoms with Crippen LogP contribution >= 0.6 is 0 Å². The third-order valence-electron chi connectivity index (χ3n) is 20.6. The Morgan fingerprint density at radius 1 is 0.433 bits per heavy atom. The van der Waals surface area contributed by atoms with Crippen molar-refractivity contribution in [3.63, 3.8) is 0 Å². The molecule has 6 N–H and O–H groups in total. The van der Waals surface area contributed by atoms with Gasteiger partial charge in [-0.25, -0.2) is 28.8 Å². The van der Waals surface area contributed by atoms with Gasteiger partial charge in [-0.2, -0.15) is 19.2 Å². The van der Waals surface area contributed by atoms with Gasteiger partial charge in [-0.05, 0) is 242 Å². The average molecular weight is 1280 g/mol. The Balaban J connectivity index is 0.000000204. The molecule has 26 heteroatoms. The molecular formula is C64H100N7NaO18. The molecule has 0 aromatic carbocycles. The van der Waals surface area contributed by atoms with E-state index in [2.05, 4.69) is 22.9 Å². The molecule has 15 fully saturated rings. The minimum atomic E-state index is -0.553. The summed E-state index contributed by atoms with van der Waals surface area (Å²) in [6.07, 6.45) is 17.8. The molecule has 25 nitrogen and oxygen atoms in total. The number of carbonyl (C=O) groups excluding carboxylic acids is 11. The molecule has 12 aliphatic carbocycles. The van der Waals surface area contributed by atoms with Crippen molar-refractivity contribution in [1.29, 1.82) is 0 Å². The van der Waals surface area contributed by atoms with Gasteiger partial charge in [-0.15, -0.1) is 0 Å². The maximum atomic E-state index is 12.8. The zero-order chi connectivity index (χ0) is 64.3. The van der Waals surface area contributed by atoms with Crippen LogP contribution in [0.2, 0.25) is 0 Å². The average Bonchev–Trinajstić information content (AvgIpc) is 1.01. The van der Waals surface area contributed by atoms with Gasteiger partial charge >= 0.3 is 78.4 Å². The number of hydrogen-bond donors (Lipinski definition) is 4. The van der Waals surface area contributed by atoms with Crippen LogP contribution < -0.4 is 51.2 Å². The normalized spacial score (nSPS) is 35.6. The second-order valence-corrected chi connectivity index (χ2v) is 31.3. The van der Waals surface area contributed by atoms with E-state index in [4.69, 9.17) is 53.3 Å². The Bertz CT molecular complexity index is 2540. The van der Waals surface area contributed by atoms with E-state index in [9.17, 15) is 33.6 Å². The molecule has 0 spiro atoms. The van der Waals surface area contributed by atoms with Crippen molar-refractivity contribution in [1.82, 2.24) is 30.7 Å². The monoisotopic (exact) mass is 1280 g/mol. The quantitative estimate of drug-likeness (QED) is 0.179. The summed E-state index contributed by atoms with van der Waals surface area (Å²) in [5, 5.41) is 8.57. The first-order valence-corrected chi connectivity index (χ1v) is 32.4. The fourth-order valence-electron chi connectivity index (χ4n) is 18.2. The first-order valence-electron chi connectivity index (χ1n) is 32.4. The van der Waals surface area contributed by atoms with E-state index in [0.29, 0.717) is 80.7 Å². The van der Waals surface area contributed by atoms with E-state index in [1.807, 2.05) is 62.3 Å². The van der Waals surface area contributed by atoms with Gasteiger partial charge in [0.25, 0.3) is 0 Å². The Kier molecular flexibility index (Phi) is 24.8. The van der Waals surface area contributed by atoms with E-state index >= 15 is 0 Å². The third-order valence-corrected chi connectivity index (χ3v) is 20.6. The number of alkyl carbamates (subject to hydrolysis) is 3. The molecule has 90 heavy (non-hydrogen) atoms. The minimum absolute atomic E-state index is 0. The van der Waals surface area contributed by atoms with Crippen molar-refractivity contribution in [2.24, 2.45) is 75.7 Å². The van der Waals surface area contributed by atoms with Gasteiger partial charge in [0.05, 0.1) is 23.5 Å². The number of carbonyl (C=O) groups is 7. The molecule has 12 bridgehead atoms. The topological polar surface area (TPSA) is 345 Å². The summed E-state index contributed by atoms with van der Waals surface area (Å²) >= 11 is 0. The van der Waals surface area contributed by atoms with Gasteiger partial charge in [-0.3, -0.25) is 4.79 Å². The van der Waals surface area contributed by atoms with Gasteiger partial charge in [0.2, 0.25) is 5.91 Å². The van der Waals surface area contributed by atoms with Crippen LogP contribution in [0.4, 0.5) is 28.8 Å². The summed E-state index contributed by atoms with van der Waals surface area (Å²) in [6, 6.07) is -0.255. The maximum Gasteiger partial charge on any atom is 1.00 e. The van der Waals surface area contributed by atoms with E-state index in [-0.39, 0.29) is 125 Å². The number of likely N-dealkylation sites (tertiary alicyclic amines) is 3. The third kappa shape index (κ3) is 19.4. The van der Waals surface area contributed by atoms with Gasteiger partial charge in [0.1, 0.15) is 35.1 Å². The molecule has 0 aromatic heterocycles. The molecule has 3 heterocycles. The molecule has 4 unspecified atom stereocenters. The molecule has 7 amide bonds. The van der Waals surface area contributed by atoms with Gasteiger partial charge in [-0.1, -0.05) is 6.92 Å². The predicted octanol–water partition coefficient (Wildman–Crippen LogP) is 5.55. The fraction of sp³-hybridized carbons (Fsp3) is 0.859. The maximum absolute atomic E-state index is 12.8. The summed E-state index contributed by atoms with van der Waals surface area (Å²) in [4.78, 5) is 124. The van der Waals surface area contributed by atoms with Crippen molar-refractivity contribution in [2.75, 3.05) is 39.3 Å². The summed E-state index contributed by atoms with van der Waals surface area (Å²) in [6.45, 7) is 22.2. The van der Waals surface area contributed by atoms with Crippen LogP contribution in [0.15, 0.2) is 0 Å². The van der Waals surface area contributed by atoms with Crippen LogP contribution in [0.1, 0.15) is 185 Å². The van der Waals surface area contributed by atoms with Crippen LogP contribution in [0.25, 0.3) is 0 Å². The molecule has 15 rings (SSSR count). The summed E-state index contributed by atoms with van der Waals surface area (Å²) in [7, 11) is 0. The molecular weight excluding hydrogens is 1180 g/mol. The second-order valence-electron chi connectivity index (χ2n) is 31.3. The van der Waals surface area contributed by atoms with Gasteiger partial charge < -0.3 is 70.3 Å². The minimum Gasteiger partial charge on any atom is -0.870 e. The van der Waals surface area contributed by atoms with Crippen LogP contribution in [0, 0.1) is 70.0 Å². The van der Waals surface area contributed by atoms with Gasteiger partial charge in [0.15, 0.2) is 0 Å². The van der Waals surface area contributed by atoms with Crippen molar-refractivity contribution >= 4 is 54.8 Å². The van der Waals surface area contributed by atoms with Gasteiger partial charge in [0, 0.05) is 39.3 Å². The van der Waals surface area contributed by atoms with Crippen LogP contribution in [-0.4, -0.2) is 167 Å². The number of hydrogen-bond acceptors (Lipinski definition) is 18. The first-order chi connectivity index (χ1) is 41.2. The van der Waals surface area contributed by atoms with E-state index in [1.165, 1.54) is 64.2 Å². The molecule has 12 saturated carbocycles. The van der Waals surface area contributed by atoms with E-state index < -0.39 is 35.1 Å². The largest absolute Gasteiger partial charge is 1.00 e. The van der Waals surface area contributed by atoms with Crippen LogP contribution in [0.5, 0.6) is 0 Å². The van der Waals surface area contributed by atoms with Crippen molar-refractivity contribution < 1.29 is 116 Å². The standard InChI is InChI=1S/C21H33N3O5.C21H34N2O4.C20H32N2O4.2CO2.Na.H2O/c1-20(2,3)29-18(26)23-15-4-5-24(11-15)19(27)28-16-13-6-12-7-14(16)10-21(8-12,9-13)17(22)25;1-20(2,3)27-18(24)22-16-5-6-23(12-16)19(25)26-17-14-7-13-8-15(17)11-21(4,9-13)10-14;1-20(2,3)26-18(23)21-16-4-5-22(11-16)19(24)25-17-14-7-12-6-13(9-14)10-15(17)8-12;2*2-1-3;;/h12-16H,4-11H2,1-3H3,(H2,22,25)(H,23,26);13-17H,5-12H2,1-4H3,(H,22,24);12-17H,4-11H2,1-3H3,(H,21,23);;;;1H2/q;;;;;+1;/p-1/t12?,13?,14?,15-,16?,21?;13?,14?,15?,16-,17?,21?;12?,13?,14?,15?,16-,17?;;;;/m111..../s1. The molecule has 0 radical (unpaired) electrons. The fourth-order valence-corrected chi connectivity index (χ4v) is 18.2. The summed E-state index contributed by atoms with van der Waals surface area (Å²) in [5.74, 6) is 5.65. The van der Waals surface area contributed by atoms with Crippen molar-refractivity contribution in [3.05, 3.63) is 0 Å². The number of rotatable bonds is 7. The molecule has 0 aromatic rings. The second kappa shape index (κ2) is 30.3. The number of primary amides is 1. The number of nitrogens with two attached hydrogens (primary N) is 1.